The second-order valence-electron chi connectivity index (χ2n) is 4.54. The fraction of sp³-hybridized carbons (Fsp3) is 0.385. The molecule has 0 radical (unpaired) electrons. The summed E-state index contributed by atoms with van der Waals surface area (Å²) >= 11 is 12.0. The molecule has 1 heterocycles. The first kappa shape index (κ1) is 15.1. The minimum absolute atomic E-state index is 0.189. The zero-order valence-corrected chi connectivity index (χ0v) is 12.7. The molecule has 0 spiro atoms. The summed E-state index contributed by atoms with van der Waals surface area (Å²) in [6, 6.07) is 3.38. The van der Waals surface area contributed by atoms with Gasteiger partial charge in [0.05, 0.1) is 11.6 Å². The molecule has 0 aliphatic rings. The summed E-state index contributed by atoms with van der Waals surface area (Å²) in [5.41, 5.74) is 0.540. The molecule has 5 nitrogen and oxygen atoms in total. The molecule has 1 aromatic carbocycles. The highest BCUT2D eigenvalue weighted by molar-refractivity contribution is 6.35. The monoisotopic (exact) mass is 315 g/mol. The number of hydrogen-bond donors (Lipinski definition) is 1. The summed E-state index contributed by atoms with van der Waals surface area (Å²) in [7, 11) is 0. The normalized spacial score (nSPS) is 11.1. The van der Waals surface area contributed by atoms with E-state index in [4.69, 9.17) is 27.9 Å². The van der Waals surface area contributed by atoms with Crippen LogP contribution in [0, 0.1) is 0 Å². The van der Waals surface area contributed by atoms with Gasteiger partial charge < -0.3 is 9.84 Å². The van der Waals surface area contributed by atoms with Gasteiger partial charge in [0.1, 0.15) is 18.7 Å². The van der Waals surface area contributed by atoms with Gasteiger partial charge in [0, 0.05) is 16.6 Å². The van der Waals surface area contributed by atoms with Gasteiger partial charge in [0.2, 0.25) is 0 Å². The number of aliphatic hydroxyl groups excluding tert-OH is 1. The van der Waals surface area contributed by atoms with Gasteiger partial charge in [-0.15, -0.1) is 0 Å². The van der Waals surface area contributed by atoms with Crippen molar-refractivity contribution in [3.05, 3.63) is 39.9 Å². The summed E-state index contributed by atoms with van der Waals surface area (Å²) < 4.78 is 7.44. The molecule has 1 aromatic heterocycles. The maximum Gasteiger partial charge on any atom is 0.165 e. The molecular formula is C13H15Cl2N3O2. The van der Waals surface area contributed by atoms with E-state index < -0.39 is 0 Å². The van der Waals surface area contributed by atoms with Crippen molar-refractivity contribution in [2.75, 3.05) is 0 Å². The van der Waals surface area contributed by atoms with Crippen LogP contribution in [0.4, 0.5) is 0 Å². The Kier molecular flexibility index (Phi) is 4.86. The van der Waals surface area contributed by atoms with Crippen molar-refractivity contribution < 1.29 is 9.84 Å². The number of hydrogen-bond acceptors (Lipinski definition) is 4. The van der Waals surface area contributed by atoms with Crippen LogP contribution in [0.3, 0.4) is 0 Å². The van der Waals surface area contributed by atoms with Gasteiger partial charge >= 0.3 is 0 Å². The summed E-state index contributed by atoms with van der Waals surface area (Å²) in [6.45, 7) is 4.03. The first-order valence-corrected chi connectivity index (χ1v) is 6.88. The minimum atomic E-state index is -0.202. The van der Waals surface area contributed by atoms with Crippen molar-refractivity contribution in [3.8, 4) is 5.75 Å². The van der Waals surface area contributed by atoms with Crippen LogP contribution in [-0.4, -0.2) is 19.9 Å². The van der Waals surface area contributed by atoms with E-state index in [-0.39, 0.29) is 19.3 Å². The average molecular weight is 316 g/mol. The largest absolute Gasteiger partial charge is 0.484 e. The molecule has 0 bridgehead atoms. The predicted octanol–water partition coefficient (Wildman–Crippen LogP) is 3.24. The molecule has 0 aliphatic heterocycles. The molecule has 0 saturated heterocycles. The van der Waals surface area contributed by atoms with Crippen molar-refractivity contribution >= 4 is 23.2 Å². The van der Waals surface area contributed by atoms with E-state index in [2.05, 4.69) is 10.1 Å². The maximum atomic E-state index is 9.34. The number of halogens is 2. The van der Waals surface area contributed by atoms with E-state index in [0.29, 0.717) is 27.2 Å². The molecular weight excluding hydrogens is 301 g/mol. The second kappa shape index (κ2) is 6.43. The van der Waals surface area contributed by atoms with E-state index in [1.807, 2.05) is 13.8 Å². The Morgan fingerprint density at radius 1 is 1.35 bits per heavy atom. The molecule has 0 saturated carbocycles. The van der Waals surface area contributed by atoms with Crippen LogP contribution in [0.1, 0.15) is 31.3 Å². The molecule has 20 heavy (non-hydrogen) atoms. The molecule has 7 heteroatoms. The van der Waals surface area contributed by atoms with E-state index in [0.717, 1.165) is 0 Å². The summed E-state index contributed by atoms with van der Waals surface area (Å²) in [5, 5.41) is 14.3. The topological polar surface area (TPSA) is 60.2 Å². The Bertz CT molecular complexity index is 599. The van der Waals surface area contributed by atoms with E-state index in [1.54, 1.807) is 16.8 Å². The third-order valence-electron chi connectivity index (χ3n) is 2.74. The van der Waals surface area contributed by atoms with Crippen LogP contribution in [0.25, 0.3) is 0 Å². The van der Waals surface area contributed by atoms with Gasteiger partial charge in [-0.05, 0) is 26.0 Å². The highest BCUT2D eigenvalue weighted by Crippen LogP contribution is 2.33. The van der Waals surface area contributed by atoms with Crippen molar-refractivity contribution in [3.63, 3.8) is 0 Å². The number of benzene rings is 1. The Balaban J connectivity index is 2.21. The summed E-state index contributed by atoms with van der Waals surface area (Å²) in [4.78, 5) is 4.15. The molecule has 1 N–H and O–H groups in total. The van der Waals surface area contributed by atoms with Crippen LogP contribution < -0.4 is 4.74 Å². The predicted molar refractivity (Wildman–Crippen MR) is 77.1 cm³/mol. The van der Waals surface area contributed by atoms with E-state index >= 15 is 0 Å². The van der Waals surface area contributed by atoms with Crippen molar-refractivity contribution in [1.82, 2.24) is 14.8 Å². The van der Waals surface area contributed by atoms with Crippen LogP contribution in [0.5, 0.6) is 5.75 Å². The number of nitrogens with zero attached hydrogens (tertiary/aromatic N) is 3. The summed E-state index contributed by atoms with van der Waals surface area (Å²) in [5.74, 6) is 1.10. The molecule has 0 unspecified atom stereocenters. The smallest absolute Gasteiger partial charge is 0.165 e. The van der Waals surface area contributed by atoms with Gasteiger partial charge in [0.15, 0.2) is 5.82 Å². The van der Waals surface area contributed by atoms with Gasteiger partial charge in [-0.1, -0.05) is 23.2 Å². The van der Waals surface area contributed by atoms with E-state index in [1.165, 1.54) is 6.33 Å². The number of rotatable bonds is 5. The van der Waals surface area contributed by atoms with Gasteiger partial charge in [-0.3, -0.25) is 0 Å². The van der Waals surface area contributed by atoms with Crippen LogP contribution in [-0.2, 0) is 13.2 Å². The first-order valence-electron chi connectivity index (χ1n) is 6.13. The Morgan fingerprint density at radius 2 is 2.10 bits per heavy atom. The van der Waals surface area contributed by atoms with Crippen molar-refractivity contribution in [2.24, 2.45) is 0 Å². The Morgan fingerprint density at radius 3 is 2.75 bits per heavy atom. The Hall–Kier alpha value is -1.30. The molecule has 0 aliphatic carbocycles. The van der Waals surface area contributed by atoms with Gasteiger partial charge in [-0.2, -0.15) is 5.10 Å². The highest BCUT2D eigenvalue weighted by Gasteiger charge is 2.13. The highest BCUT2D eigenvalue weighted by atomic mass is 35.5. The molecule has 2 rings (SSSR count). The van der Waals surface area contributed by atoms with Crippen molar-refractivity contribution in [1.29, 1.82) is 0 Å². The fourth-order valence-corrected chi connectivity index (χ4v) is 2.43. The molecule has 0 atom stereocenters. The lowest BCUT2D eigenvalue weighted by atomic mass is 10.2. The standard InChI is InChI=1S/C13H15Cl2N3O2/c1-8(2)18-12(16-7-17-18)6-20-13-9(5-19)3-10(14)4-11(13)15/h3-4,7-8,19H,5-6H2,1-2H3. The quantitative estimate of drug-likeness (QED) is 0.920. The molecule has 2 aromatic rings. The summed E-state index contributed by atoms with van der Waals surface area (Å²) in [6.07, 6.45) is 1.48. The maximum absolute atomic E-state index is 9.34. The average Bonchev–Trinajstić information content (AvgIpc) is 2.85. The zero-order chi connectivity index (χ0) is 14.7. The first-order chi connectivity index (χ1) is 9.52. The molecule has 0 fully saturated rings. The van der Waals surface area contributed by atoms with Crippen LogP contribution >= 0.6 is 23.2 Å². The third-order valence-corrected chi connectivity index (χ3v) is 3.24. The lowest BCUT2D eigenvalue weighted by Gasteiger charge is -2.14. The SMILES string of the molecule is CC(C)n1ncnc1COc1c(Cl)cc(Cl)cc1CO. The second-order valence-corrected chi connectivity index (χ2v) is 5.38. The molecule has 0 amide bonds. The van der Waals surface area contributed by atoms with Gasteiger partial charge in [-0.25, -0.2) is 9.67 Å². The Labute approximate surface area is 127 Å². The zero-order valence-electron chi connectivity index (χ0n) is 11.2. The number of aliphatic hydroxyl groups is 1. The van der Waals surface area contributed by atoms with E-state index in [9.17, 15) is 5.11 Å². The van der Waals surface area contributed by atoms with Crippen LogP contribution in [0.15, 0.2) is 18.5 Å². The number of aromatic nitrogens is 3. The van der Waals surface area contributed by atoms with Gasteiger partial charge in [0.25, 0.3) is 0 Å². The van der Waals surface area contributed by atoms with Crippen LogP contribution in [0.2, 0.25) is 10.0 Å². The lowest BCUT2D eigenvalue weighted by Crippen LogP contribution is -2.11. The van der Waals surface area contributed by atoms with Crippen molar-refractivity contribution in [2.45, 2.75) is 33.1 Å². The minimum Gasteiger partial charge on any atom is -0.484 e. The lowest BCUT2D eigenvalue weighted by molar-refractivity contribution is 0.251. The third kappa shape index (κ3) is 3.23. The fourth-order valence-electron chi connectivity index (χ4n) is 1.84. The molecule has 108 valence electrons. The number of ether oxygens (including phenoxy) is 1.